The largest absolute Gasteiger partial charge is 0.373 e. The second-order valence-corrected chi connectivity index (χ2v) is 6.52. The highest BCUT2D eigenvalue weighted by Crippen LogP contribution is 2.34. The van der Waals surface area contributed by atoms with Crippen molar-refractivity contribution in [2.75, 3.05) is 6.61 Å². The molecule has 1 aromatic carbocycles. The van der Waals surface area contributed by atoms with Crippen LogP contribution in [0.4, 0.5) is 0 Å². The number of amides is 2. The van der Waals surface area contributed by atoms with Crippen LogP contribution in [0.3, 0.4) is 0 Å². The number of nitrogens with one attached hydrogen (secondary N) is 3. The molecule has 4 rings (SSSR count). The van der Waals surface area contributed by atoms with Gasteiger partial charge in [-0.3, -0.25) is 20.4 Å². The number of ether oxygens (including phenoxy) is 1. The fourth-order valence-electron chi connectivity index (χ4n) is 3.43. The Hall–Kier alpha value is -3.19. The average molecular weight is 364 g/mol. The van der Waals surface area contributed by atoms with E-state index in [1.807, 2.05) is 42.5 Å². The molecule has 0 saturated carbocycles. The molecule has 1 aliphatic heterocycles. The number of nitrogens with zero attached hydrogens (tertiary/aromatic N) is 1. The number of pyridine rings is 1. The molecule has 7 nitrogen and oxygen atoms in total. The van der Waals surface area contributed by atoms with Gasteiger partial charge in [0.05, 0.1) is 18.4 Å². The Morgan fingerprint density at radius 2 is 2.00 bits per heavy atom. The summed E-state index contributed by atoms with van der Waals surface area (Å²) in [6, 6.07) is 13.4. The summed E-state index contributed by atoms with van der Waals surface area (Å²) < 4.78 is 5.73. The summed E-state index contributed by atoms with van der Waals surface area (Å²) in [5.74, 6) is -0.858. The molecular weight excluding hydrogens is 344 g/mol. The maximum atomic E-state index is 12.5. The molecule has 0 aliphatic carbocycles. The maximum absolute atomic E-state index is 12.5. The van der Waals surface area contributed by atoms with Crippen LogP contribution < -0.4 is 10.9 Å². The molecule has 1 aliphatic rings. The van der Waals surface area contributed by atoms with Gasteiger partial charge in [-0.25, -0.2) is 4.98 Å². The summed E-state index contributed by atoms with van der Waals surface area (Å²) in [6.07, 6.45) is 3.93. The van der Waals surface area contributed by atoms with Gasteiger partial charge in [-0.1, -0.05) is 30.3 Å². The van der Waals surface area contributed by atoms with Gasteiger partial charge < -0.3 is 9.72 Å². The van der Waals surface area contributed by atoms with Crippen molar-refractivity contribution < 1.29 is 14.3 Å². The van der Waals surface area contributed by atoms with E-state index >= 15 is 0 Å². The van der Waals surface area contributed by atoms with Gasteiger partial charge in [0.1, 0.15) is 5.65 Å². The van der Waals surface area contributed by atoms with Gasteiger partial charge in [0.25, 0.3) is 0 Å². The number of fused-ring (bicyclic) bond motifs is 1. The first kappa shape index (κ1) is 17.2. The highest BCUT2D eigenvalue weighted by molar-refractivity contribution is 5.88. The van der Waals surface area contributed by atoms with Crippen LogP contribution in [-0.4, -0.2) is 28.4 Å². The monoisotopic (exact) mass is 364 g/mol. The van der Waals surface area contributed by atoms with Crippen molar-refractivity contribution in [2.24, 2.45) is 5.92 Å². The Morgan fingerprint density at radius 1 is 1.15 bits per heavy atom. The molecular formula is C20H20N4O3. The molecule has 0 spiro atoms. The van der Waals surface area contributed by atoms with Crippen molar-refractivity contribution in [1.82, 2.24) is 20.8 Å². The molecule has 0 bridgehead atoms. The molecule has 1 fully saturated rings. The lowest BCUT2D eigenvalue weighted by atomic mass is 9.95. The molecule has 2 atom stereocenters. The average Bonchev–Trinajstić information content (AvgIpc) is 3.35. The highest BCUT2D eigenvalue weighted by Gasteiger charge is 2.35. The molecule has 0 radical (unpaired) electrons. The number of carbonyl (C=O) groups excluding carboxylic acids is 2. The number of carbonyl (C=O) groups is 2. The third-order valence-electron chi connectivity index (χ3n) is 4.77. The zero-order chi connectivity index (χ0) is 18.6. The topological polar surface area (TPSA) is 96.1 Å². The van der Waals surface area contributed by atoms with E-state index < -0.39 is 0 Å². The van der Waals surface area contributed by atoms with E-state index in [2.05, 4.69) is 20.8 Å². The van der Waals surface area contributed by atoms with E-state index in [1.165, 1.54) is 0 Å². The molecule has 1 saturated heterocycles. The first-order chi connectivity index (χ1) is 13.2. The number of benzene rings is 1. The Kier molecular flexibility index (Phi) is 4.84. The third kappa shape index (κ3) is 3.68. The van der Waals surface area contributed by atoms with Crippen molar-refractivity contribution in [1.29, 1.82) is 0 Å². The SMILES string of the molecule is O=C(Cc1c[nH]c2ncccc12)NNC(=O)[C@H]1CCO[C@@H]1c1ccccc1. The second kappa shape index (κ2) is 7.59. The van der Waals surface area contributed by atoms with Gasteiger partial charge in [0.2, 0.25) is 11.8 Å². The fourth-order valence-corrected chi connectivity index (χ4v) is 3.43. The lowest BCUT2D eigenvalue weighted by Crippen LogP contribution is -2.45. The Morgan fingerprint density at radius 3 is 2.85 bits per heavy atom. The number of aromatic amines is 1. The van der Waals surface area contributed by atoms with Gasteiger partial charge in [-0.05, 0) is 29.7 Å². The van der Waals surface area contributed by atoms with Gasteiger partial charge in [0.15, 0.2) is 0 Å². The summed E-state index contributed by atoms with van der Waals surface area (Å²) in [5.41, 5.74) is 7.58. The lowest BCUT2D eigenvalue weighted by Gasteiger charge is -2.18. The number of H-pyrrole nitrogens is 1. The molecule has 138 valence electrons. The summed E-state index contributed by atoms with van der Waals surface area (Å²) >= 11 is 0. The van der Waals surface area contributed by atoms with Crippen molar-refractivity contribution >= 4 is 22.8 Å². The van der Waals surface area contributed by atoms with Gasteiger partial charge >= 0.3 is 0 Å². The minimum absolute atomic E-state index is 0.148. The number of aromatic nitrogens is 2. The molecule has 27 heavy (non-hydrogen) atoms. The number of hydrogen-bond acceptors (Lipinski definition) is 4. The summed E-state index contributed by atoms with van der Waals surface area (Å²) in [5, 5.41) is 0.896. The number of hydrogen-bond donors (Lipinski definition) is 3. The van der Waals surface area contributed by atoms with Crippen LogP contribution in [0, 0.1) is 5.92 Å². The normalized spacial score (nSPS) is 19.1. The van der Waals surface area contributed by atoms with E-state index in [0.29, 0.717) is 13.0 Å². The number of hydrazine groups is 1. The van der Waals surface area contributed by atoms with Crippen LogP contribution in [0.1, 0.15) is 23.7 Å². The first-order valence-electron chi connectivity index (χ1n) is 8.88. The zero-order valence-electron chi connectivity index (χ0n) is 14.6. The van der Waals surface area contributed by atoms with E-state index in [1.54, 1.807) is 12.4 Å². The molecule has 7 heteroatoms. The van der Waals surface area contributed by atoms with Crippen LogP contribution in [0.5, 0.6) is 0 Å². The summed E-state index contributed by atoms with van der Waals surface area (Å²) in [7, 11) is 0. The Balaban J connectivity index is 1.35. The van der Waals surface area contributed by atoms with Crippen molar-refractivity contribution in [3.05, 3.63) is 66.0 Å². The standard InChI is InChI=1S/C20H20N4O3/c25-17(11-14-12-22-19-15(14)7-4-9-21-19)23-24-20(26)16-8-10-27-18(16)13-5-2-1-3-6-13/h1-7,9,12,16,18H,8,10-11H2,(H,21,22)(H,23,25)(H,24,26)/t16-,18+/m0/s1. The van der Waals surface area contributed by atoms with Gasteiger partial charge in [0, 0.05) is 24.4 Å². The zero-order valence-corrected chi connectivity index (χ0v) is 14.6. The van der Waals surface area contributed by atoms with Crippen LogP contribution in [0.15, 0.2) is 54.9 Å². The molecule has 3 N–H and O–H groups in total. The smallest absolute Gasteiger partial charge is 0.244 e. The highest BCUT2D eigenvalue weighted by atomic mass is 16.5. The second-order valence-electron chi connectivity index (χ2n) is 6.52. The predicted molar refractivity (Wildman–Crippen MR) is 99.3 cm³/mol. The van der Waals surface area contributed by atoms with Crippen molar-refractivity contribution in [3.8, 4) is 0 Å². The Bertz CT molecular complexity index is 954. The quantitative estimate of drug-likeness (QED) is 0.617. The molecule has 3 heterocycles. The van der Waals surface area contributed by atoms with Crippen molar-refractivity contribution in [3.63, 3.8) is 0 Å². The molecule has 2 aromatic heterocycles. The van der Waals surface area contributed by atoms with Gasteiger partial charge in [-0.15, -0.1) is 0 Å². The van der Waals surface area contributed by atoms with E-state index in [0.717, 1.165) is 22.2 Å². The minimum Gasteiger partial charge on any atom is -0.373 e. The number of rotatable bonds is 4. The van der Waals surface area contributed by atoms with Crippen LogP contribution in [0.2, 0.25) is 0 Å². The maximum Gasteiger partial charge on any atom is 0.244 e. The summed E-state index contributed by atoms with van der Waals surface area (Å²) in [6.45, 7) is 0.522. The molecule has 3 aromatic rings. The van der Waals surface area contributed by atoms with Gasteiger partial charge in [-0.2, -0.15) is 0 Å². The first-order valence-corrected chi connectivity index (χ1v) is 8.88. The fraction of sp³-hybridized carbons (Fsp3) is 0.250. The third-order valence-corrected chi connectivity index (χ3v) is 4.77. The van der Waals surface area contributed by atoms with E-state index in [9.17, 15) is 9.59 Å². The Labute approximate surface area is 156 Å². The van der Waals surface area contributed by atoms with Crippen LogP contribution in [0.25, 0.3) is 11.0 Å². The predicted octanol–water partition coefficient (Wildman–Crippen LogP) is 2.03. The van der Waals surface area contributed by atoms with E-state index in [-0.39, 0.29) is 30.3 Å². The summed E-state index contributed by atoms with van der Waals surface area (Å²) in [4.78, 5) is 32.0. The van der Waals surface area contributed by atoms with E-state index in [4.69, 9.17) is 4.74 Å². The van der Waals surface area contributed by atoms with Crippen molar-refractivity contribution in [2.45, 2.75) is 18.9 Å². The molecule has 2 amide bonds. The lowest BCUT2D eigenvalue weighted by molar-refractivity contribution is -0.132. The van der Waals surface area contributed by atoms with Crippen LogP contribution >= 0.6 is 0 Å². The van der Waals surface area contributed by atoms with Crippen LogP contribution in [-0.2, 0) is 20.7 Å². The molecule has 0 unspecified atom stereocenters. The minimum atomic E-state index is -0.329.